The van der Waals surface area contributed by atoms with Crippen molar-refractivity contribution in [2.24, 2.45) is 0 Å². The Bertz CT molecular complexity index is 1130. The summed E-state index contributed by atoms with van der Waals surface area (Å²) in [6, 6.07) is 23.9. The van der Waals surface area contributed by atoms with Crippen molar-refractivity contribution in [1.29, 1.82) is 0 Å². The molecule has 0 aromatic heterocycles. The van der Waals surface area contributed by atoms with E-state index in [-0.39, 0.29) is 30.9 Å². The van der Waals surface area contributed by atoms with Crippen molar-refractivity contribution in [1.82, 2.24) is 10.2 Å². The molecule has 7 heteroatoms. The van der Waals surface area contributed by atoms with E-state index in [1.807, 2.05) is 80.6 Å². The summed E-state index contributed by atoms with van der Waals surface area (Å²) in [6.45, 7) is 5.29. The first-order valence-corrected chi connectivity index (χ1v) is 13.3. The predicted octanol–water partition coefficient (Wildman–Crippen LogP) is 5.46. The molecule has 0 bridgehead atoms. The molecule has 1 N–H and O–H groups in total. The summed E-state index contributed by atoms with van der Waals surface area (Å²) in [5.74, 6) is 0.411. The normalized spacial score (nSPS) is 11.7. The third kappa shape index (κ3) is 9.51. The minimum atomic E-state index is -0.690. The molecule has 0 radical (unpaired) electrons. The lowest BCUT2D eigenvalue weighted by Crippen LogP contribution is -2.51. The van der Waals surface area contributed by atoms with Crippen molar-refractivity contribution in [3.8, 4) is 5.75 Å². The molecule has 3 aromatic carbocycles. The summed E-state index contributed by atoms with van der Waals surface area (Å²) in [7, 11) is 1.61. The molecule has 3 rings (SSSR count). The van der Waals surface area contributed by atoms with E-state index in [1.165, 1.54) is 0 Å². The average molecular weight is 537 g/mol. The van der Waals surface area contributed by atoms with Crippen molar-refractivity contribution in [2.45, 2.75) is 51.8 Å². The Kier molecular flexibility index (Phi) is 11.7. The minimum absolute atomic E-state index is 0.137. The van der Waals surface area contributed by atoms with Gasteiger partial charge in [0, 0.05) is 31.1 Å². The maximum absolute atomic E-state index is 13.8. The first kappa shape index (κ1) is 29.2. The Balaban J connectivity index is 1.87. The summed E-state index contributed by atoms with van der Waals surface area (Å²) in [6.07, 6.45) is 1.40. The highest BCUT2D eigenvalue weighted by atomic mass is 35.5. The van der Waals surface area contributed by atoms with Gasteiger partial charge in [-0.3, -0.25) is 9.59 Å². The Labute approximate surface area is 230 Å². The first-order valence-electron chi connectivity index (χ1n) is 13.0. The van der Waals surface area contributed by atoms with E-state index >= 15 is 0 Å². The Morgan fingerprint density at radius 3 is 2.18 bits per heavy atom. The van der Waals surface area contributed by atoms with Crippen LogP contribution < -0.4 is 10.1 Å². The van der Waals surface area contributed by atoms with Crippen molar-refractivity contribution >= 4 is 23.4 Å². The fraction of sp³-hybridized carbons (Fsp3) is 0.355. The van der Waals surface area contributed by atoms with E-state index in [0.29, 0.717) is 31.0 Å². The lowest BCUT2D eigenvalue weighted by atomic mass is 10.0. The highest BCUT2D eigenvalue weighted by Crippen LogP contribution is 2.19. The quantitative estimate of drug-likeness (QED) is 0.278. The topological polar surface area (TPSA) is 67.9 Å². The van der Waals surface area contributed by atoms with Gasteiger partial charge in [-0.05, 0) is 61.2 Å². The Morgan fingerprint density at radius 1 is 0.895 bits per heavy atom. The van der Waals surface area contributed by atoms with E-state index in [1.54, 1.807) is 24.1 Å². The molecule has 6 nitrogen and oxygen atoms in total. The van der Waals surface area contributed by atoms with Crippen LogP contribution in [0.25, 0.3) is 0 Å². The zero-order chi connectivity index (χ0) is 27.3. The number of benzene rings is 3. The second kappa shape index (κ2) is 15.2. The largest absolute Gasteiger partial charge is 0.497 e. The van der Waals surface area contributed by atoms with E-state index < -0.39 is 6.04 Å². The highest BCUT2D eigenvalue weighted by molar-refractivity contribution is 6.30. The monoisotopic (exact) mass is 536 g/mol. The van der Waals surface area contributed by atoms with Gasteiger partial charge in [-0.25, -0.2) is 0 Å². The number of halogens is 1. The molecule has 1 unspecified atom stereocenters. The zero-order valence-corrected chi connectivity index (χ0v) is 23.1. The van der Waals surface area contributed by atoms with Crippen LogP contribution in [-0.2, 0) is 33.7 Å². The van der Waals surface area contributed by atoms with Gasteiger partial charge in [-0.1, -0.05) is 66.2 Å². The molecule has 0 spiro atoms. The number of nitrogens with one attached hydrogen (secondary N) is 1. The zero-order valence-electron chi connectivity index (χ0n) is 22.4. The van der Waals surface area contributed by atoms with Gasteiger partial charge in [0.2, 0.25) is 11.8 Å². The van der Waals surface area contributed by atoms with Gasteiger partial charge >= 0.3 is 0 Å². The summed E-state index contributed by atoms with van der Waals surface area (Å²) in [5.41, 5.74) is 2.73. The number of nitrogens with zero attached hydrogens (tertiary/aromatic N) is 1. The van der Waals surface area contributed by atoms with Crippen molar-refractivity contribution in [2.75, 3.05) is 20.3 Å². The number of hydrogen-bond acceptors (Lipinski definition) is 4. The minimum Gasteiger partial charge on any atom is -0.497 e. The summed E-state index contributed by atoms with van der Waals surface area (Å²) in [4.78, 5) is 29.1. The lowest BCUT2D eigenvalue weighted by Gasteiger charge is -2.32. The SMILES string of the molecule is COc1ccc(CN(C(=O)Cc2ccc(Cl)cc2)C(Cc2ccccc2)C(=O)NCCCOC(C)C)cc1. The number of hydrogen-bond donors (Lipinski definition) is 1. The third-order valence-electron chi connectivity index (χ3n) is 6.12. The molecule has 0 saturated heterocycles. The third-order valence-corrected chi connectivity index (χ3v) is 6.38. The molecular weight excluding hydrogens is 500 g/mol. The van der Waals surface area contributed by atoms with Gasteiger partial charge in [0.25, 0.3) is 0 Å². The Hall–Kier alpha value is -3.35. The standard InChI is InChI=1S/C31H37ClN2O4/c1-23(2)38-19-7-18-33-31(36)29(20-24-8-5-4-6-9-24)34(22-26-12-16-28(37-3)17-13-26)30(35)21-25-10-14-27(32)15-11-25/h4-6,8-17,23,29H,7,18-22H2,1-3H3,(H,33,36). The van der Waals surface area contributed by atoms with Crippen LogP contribution in [0.2, 0.25) is 5.02 Å². The molecule has 0 heterocycles. The smallest absolute Gasteiger partial charge is 0.243 e. The Morgan fingerprint density at radius 2 is 1.55 bits per heavy atom. The van der Waals surface area contributed by atoms with Crippen LogP contribution in [0.4, 0.5) is 0 Å². The number of carbonyl (C=O) groups is 2. The van der Waals surface area contributed by atoms with Crippen LogP contribution >= 0.6 is 11.6 Å². The molecule has 0 fully saturated rings. The van der Waals surface area contributed by atoms with Gasteiger partial charge in [0.1, 0.15) is 11.8 Å². The van der Waals surface area contributed by atoms with Crippen molar-refractivity contribution in [3.63, 3.8) is 0 Å². The molecule has 3 aromatic rings. The fourth-order valence-electron chi connectivity index (χ4n) is 4.08. The van der Waals surface area contributed by atoms with Crippen molar-refractivity contribution < 1.29 is 19.1 Å². The molecule has 2 amide bonds. The van der Waals surface area contributed by atoms with Gasteiger partial charge in [-0.2, -0.15) is 0 Å². The molecule has 0 aliphatic carbocycles. The van der Waals surface area contributed by atoms with E-state index in [9.17, 15) is 9.59 Å². The van der Waals surface area contributed by atoms with Crippen LogP contribution in [0.1, 0.15) is 37.0 Å². The molecule has 38 heavy (non-hydrogen) atoms. The van der Waals surface area contributed by atoms with Crippen LogP contribution in [0.5, 0.6) is 5.75 Å². The number of methoxy groups -OCH3 is 1. The molecule has 1 atom stereocenters. The second-order valence-corrected chi connectivity index (χ2v) is 9.88. The lowest BCUT2D eigenvalue weighted by molar-refractivity contribution is -0.140. The number of rotatable bonds is 14. The number of carbonyl (C=O) groups excluding carboxylic acids is 2. The molecular formula is C31H37ClN2O4. The maximum atomic E-state index is 13.8. The first-order chi connectivity index (χ1) is 18.4. The van der Waals surface area contributed by atoms with Crippen molar-refractivity contribution in [3.05, 3.63) is 101 Å². The van der Waals surface area contributed by atoms with Crippen LogP contribution in [0.3, 0.4) is 0 Å². The highest BCUT2D eigenvalue weighted by Gasteiger charge is 2.30. The van der Waals surface area contributed by atoms with Gasteiger partial charge in [0.15, 0.2) is 0 Å². The molecule has 202 valence electrons. The molecule has 0 aliphatic rings. The number of amides is 2. The van der Waals surface area contributed by atoms with E-state index in [0.717, 1.165) is 22.4 Å². The molecule has 0 aliphatic heterocycles. The van der Waals surface area contributed by atoms with Crippen LogP contribution in [-0.4, -0.2) is 49.1 Å². The van der Waals surface area contributed by atoms with Gasteiger partial charge < -0.3 is 19.7 Å². The van der Waals surface area contributed by atoms with Gasteiger partial charge in [-0.15, -0.1) is 0 Å². The summed E-state index contributed by atoms with van der Waals surface area (Å²) < 4.78 is 10.9. The average Bonchev–Trinajstić information content (AvgIpc) is 2.92. The molecule has 0 saturated carbocycles. The second-order valence-electron chi connectivity index (χ2n) is 9.44. The van der Waals surface area contributed by atoms with E-state index in [4.69, 9.17) is 21.1 Å². The van der Waals surface area contributed by atoms with E-state index in [2.05, 4.69) is 5.32 Å². The van der Waals surface area contributed by atoms with Gasteiger partial charge in [0.05, 0.1) is 19.6 Å². The fourth-order valence-corrected chi connectivity index (χ4v) is 4.21. The summed E-state index contributed by atoms with van der Waals surface area (Å²) >= 11 is 6.05. The number of ether oxygens (including phenoxy) is 2. The predicted molar refractivity (Wildman–Crippen MR) is 151 cm³/mol. The van der Waals surface area contributed by atoms with Crippen LogP contribution in [0.15, 0.2) is 78.9 Å². The van der Waals surface area contributed by atoms with Crippen LogP contribution in [0, 0.1) is 0 Å². The summed E-state index contributed by atoms with van der Waals surface area (Å²) in [5, 5.41) is 3.65. The maximum Gasteiger partial charge on any atom is 0.243 e.